The van der Waals surface area contributed by atoms with Gasteiger partial charge < -0.3 is 24.4 Å². The molecule has 0 bridgehead atoms. The second-order valence-electron chi connectivity index (χ2n) is 7.39. The van der Waals surface area contributed by atoms with Crippen LogP contribution in [-0.2, 0) is 18.5 Å². The number of nitrogens with zero attached hydrogens (tertiary/aromatic N) is 1. The molecule has 4 rings (SSSR count). The molecule has 6 heteroatoms. The molecule has 148 valence electrons. The Balaban J connectivity index is 1.47. The number of ether oxygens (including phenoxy) is 3. The van der Waals surface area contributed by atoms with Crippen LogP contribution in [0.1, 0.15) is 29.5 Å². The third-order valence-corrected chi connectivity index (χ3v) is 5.74. The third kappa shape index (κ3) is 3.35. The van der Waals surface area contributed by atoms with Crippen molar-refractivity contribution in [3.05, 3.63) is 53.1 Å². The molecule has 6 nitrogen and oxygen atoms in total. The van der Waals surface area contributed by atoms with E-state index in [9.17, 15) is 4.79 Å². The van der Waals surface area contributed by atoms with E-state index in [1.54, 1.807) is 21.3 Å². The number of hydrogen-bond acceptors (Lipinski definition) is 4. The zero-order chi connectivity index (χ0) is 19.7. The number of urea groups is 1. The molecule has 1 saturated carbocycles. The van der Waals surface area contributed by atoms with Gasteiger partial charge in [-0.3, -0.25) is 0 Å². The van der Waals surface area contributed by atoms with E-state index in [-0.39, 0.29) is 11.6 Å². The summed E-state index contributed by atoms with van der Waals surface area (Å²) in [6.07, 6.45) is 2.72. The van der Waals surface area contributed by atoms with Gasteiger partial charge in [-0.1, -0.05) is 12.1 Å². The fraction of sp³-hybridized carbons (Fsp3) is 0.409. The molecule has 0 atom stereocenters. The van der Waals surface area contributed by atoms with E-state index >= 15 is 0 Å². The number of amides is 2. The SMILES string of the molecule is COc1ccc(C2(NC(=O)N3CCc4cc(OC)c(OC)cc4C3)CC2)cc1. The fourth-order valence-electron chi connectivity index (χ4n) is 3.86. The van der Waals surface area contributed by atoms with E-state index in [4.69, 9.17) is 14.2 Å². The lowest BCUT2D eigenvalue weighted by molar-refractivity contribution is 0.186. The van der Waals surface area contributed by atoms with Gasteiger partial charge in [-0.05, 0) is 60.2 Å². The van der Waals surface area contributed by atoms with Crippen molar-refractivity contribution in [3.63, 3.8) is 0 Å². The number of fused-ring (bicyclic) bond motifs is 1. The topological polar surface area (TPSA) is 60.0 Å². The van der Waals surface area contributed by atoms with Gasteiger partial charge in [0.2, 0.25) is 0 Å². The zero-order valence-electron chi connectivity index (χ0n) is 16.6. The molecule has 2 aromatic rings. The van der Waals surface area contributed by atoms with Crippen LogP contribution in [0.2, 0.25) is 0 Å². The Morgan fingerprint density at radius 1 is 0.964 bits per heavy atom. The van der Waals surface area contributed by atoms with Crippen LogP contribution in [0.3, 0.4) is 0 Å². The van der Waals surface area contributed by atoms with E-state index in [0.29, 0.717) is 18.8 Å². The van der Waals surface area contributed by atoms with Crippen molar-refractivity contribution in [2.45, 2.75) is 31.3 Å². The Morgan fingerprint density at radius 2 is 1.61 bits per heavy atom. The highest BCUT2D eigenvalue weighted by Crippen LogP contribution is 2.46. The molecule has 0 radical (unpaired) electrons. The third-order valence-electron chi connectivity index (χ3n) is 5.74. The number of carbonyl (C=O) groups excluding carboxylic acids is 1. The van der Waals surface area contributed by atoms with Crippen LogP contribution in [0.4, 0.5) is 4.79 Å². The predicted octanol–water partition coefficient (Wildman–Crippen LogP) is 3.47. The summed E-state index contributed by atoms with van der Waals surface area (Å²) in [6.45, 7) is 1.26. The van der Waals surface area contributed by atoms with Crippen molar-refractivity contribution in [2.24, 2.45) is 0 Å². The van der Waals surface area contributed by atoms with E-state index < -0.39 is 0 Å². The van der Waals surface area contributed by atoms with Crippen molar-refractivity contribution in [2.75, 3.05) is 27.9 Å². The van der Waals surface area contributed by atoms with Crippen molar-refractivity contribution >= 4 is 6.03 Å². The van der Waals surface area contributed by atoms with Crippen molar-refractivity contribution in [1.29, 1.82) is 0 Å². The Hall–Kier alpha value is -2.89. The van der Waals surface area contributed by atoms with Gasteiger partial charge in [0.1, 0.15) is 5.75 Å². The number of methoxy groups -OCH3 is 3. The van der Waals surface area contributed by atoms with Crippen LogP contribution >= 0.6 is 0 Å². The molecular weight excluding hydrogens is 356 g/mol. The highest BCUT2D eigenvalue weighted by atomic mass is 16.5. The highest BCUT2D eigenvalue weighted by Gasteiger charge is 2.46. The van der Waals surface area contributed by atoms with Crippen LogP contribution < -0.4 is 19.5 Å². The minimum atomic E-state index is -0.249. The first-order valence-electron chi connectivity index (χ1n) is 9.54. The molecule has 0 spiro atoms. The maximum Gasteiger partial charge on any atom is 0.318 e. The smallest absolute Gasteiger partial charge is 0.318 e. The molecule has 0 saturated heterocycles. The average Bonchev–Trinajstić information content (AvgIpc) is 3.52. The maximum atomic E-state index is 13.0. The van der Waals surface area contributed by atoms with Crippen molar-refractivity contribution in [1.82, 2.24) is 10.2 Å². The molecule has 1 heterocycles. The highest BCUT2D eigenvalue weighted by molar-refractivity contribution is 5.76. The summed E-state index contributed by atoms with van der Waals surface area (Å²) < 4.78 is 16.0. The predicted molar refractivity (Wildman–Crippen MR) is 106 cm³/mol. The second-order valence-corrected chi connectivity index (χ2v) is 7.39. The standard InChI is InChI=1S/C22H26N2O4/c1-26-18-6-4-17(5-7-18)22(9-10-22)23-21(25)24-11-8-15-12-19(27-2)20(28-3)13-16(15)14-24/h4-7,12-13H,8-11,14H2,1-3H3,(H,23,25). The number of rotatable bonds is 5. The summed E-state index contributed by atoms with van der Waals surface area (Å²) in [7, 11) is 4.92. The number of carbonyl (C=O) groups is 1. The Labute approximate surface area is 165 Å². The van der Waals surface area contributed by atoms with Gasteiger partial charge in [0.05, 0.1) is 26.9 Å². The average molecular weight is 382 g/mol. The summed E-state index contributed by atoms with van der Waals surface area (Å²) in [5, 5.41) is 3.26. The van der Waals surface area contributed by atoms with Crippen LogP contribution in [0, 0.1) is 0 Å². The van der Waals surface area contributed by atoms with Crippen molar-refractivity contribution < 1.29 is 19.0 Å². The Bertz CT molecular complexity index is 875. The summed E-state index contributed by atoms with van der Waals surface area (Å²) in [4.78, 5) is 14.8. The lowest BCUT2D eigenvalue weighted by Gasteiger charge is -2.31. The molecule has 1 fully saturated rings. The van der Waals surface area contributed by atoms with Gasteiger partial charge in [0, 0.05) is 13.1 Å². The minimum absolute atomic E-state index is 0.0197. The fourth-order valence-corrected chi connectivity index (χ4v) is 3.86. The number of benzene rings is 2. The second kappa shape index (κ2) is 7.26. The molecule has 2 amide bonds. The molecular formula is C22H26N2O4. The first-order valence-corrected chi connectivity index (χ1v) is 9.54. The monoisotopic (exact) mass is 382 g/mol. The van der Waals surface area contributed by atoms with Crippen LogP contribution in [0.15, 0.2) is 36.4 Å². The number of nitrogens with one attached hydrogen (secondary N) is 1. The van der Waals surface area contributed by atoms with E-state index in [1.165, 1.54) is 5.56 Å². The van der Waals surface area contributed by atoms with Crippen molar-refractivity contribution in [3.8, 4) is 17.2 Å². The zero-order valence-corrected chi connectivity index (χ0v) is 16.6. The van der Waals surface area contributed by atoms with Gasteiger partial charge in [0.15, 0.2) is 11.5 Å². The molecule has 0 aromatic heterocycles. The summed E-state index contributed by atoms with van der Waals surface area (Å²) in [5.41, 5.74) is 3.19. The normalized spacial score (nSPS) is 16.8. The van der Waals surface area contributed by atoms with Gasteiger partial charge in [-0.25, -0.2) is 4.79 Å². The lowest BCUT2D eigenvalue weighted by Crippen LogP contribution is -2.46. The van der Waals surface area contributed by atoms with Gasteiger partial charge >= 0.3 is 6.03 Å². The first kappa shape index (κ1) is 18.5. The van der Waals surface area contributed by atoms with E-state index in [0.717, 1.165) is 41.9 Å². The van der Waals surface area contributed by atoms with Gasteiger partial charge in [0.25, 0.3) is 0 Å². The van der Waals surface area contributed by atoms with E-state index in [2.05, 4.69) is 5.32 Å². The molecule has 0 unspecified atom stereocenters. The number of hydrogen-bond donors (Lipinski definition) is 1. The molecule has 1 aliphatic carbocycles. The molecule has 1 aliphatic heterocycles. The molecule has 2 aliphatic rings. The molecule has 2 aromatic carbocycles. The lowest BCUT2D eigenvalue weighted by atomic mass is 9.99. The van der Waals surface area contributed by atoms with Crippen LogP contribution in [-0.4, -0.2) is 38.8 Å². The van der Waals surface area contributed by atoms with Crippen LogP contribution in [0.25, 0.3) is 0 Å². The van der Waals surface area contributed by atoms with Gasteiger partial charge in [-0.15, -0.1) is 0 Å². The molecule has 1 N–H and O–H groups in total. The first-order chi connectivity index (χ1) is 13.6. The minimum Gasteiger partial charge on any atom is -0.497 e. The Morgan fingerprint density at radius 3 is 2.18 bits per heavy atom. The van der Waals surface area contributed by atoms with E-state index in [1.807, 2.05) is 41.3 Å². The maximum absolute atomic E-state index is 13.0. The largest absolute Gasteiger partial charge is 0.497 e. The molecule has 28 heavy (non-hydrogen) atoms. The Kier molecular flexibility index (Phi) is 4.79. The quantitative estimate of drug-likeness (QED) is 0.860. The van der Waals surface area contributed by atoms with Gasteiger partial charge in [-0.2, -0.15) is 0 Å². The summed E-state index contributed by atoms with van der Waals surface area (Å²) in [5.74, 6) is 2.25. The summed E-state index contributed by atoms with van der Waals surface area (Å²) >= 11 is 0. The summed E-state index contributed by atoms with van der Waals surface area (Å²) in [6, 6.07) is 11.9. The van der Waals surface area contributed by atoms with Crippen LogP contribution in [0.5, 0.6) is 17.2 Å².